The summed E-state index contributed by atoms with van der Waals surface area (Å²) in [6.45, 7) is 2.04. The summed E-state index contributed by atoms with van der Waals surface area (Å²) in [5.74, 6) is -0.914. The van der Waals surface area contributed by atoms with E-state index in [2.05, 4.69) is 15.5 Å². The Labute approximate surface area is 245 Å². The summed E-state index contributed by atoms with van der Waals surface area (Å²) in [6.07, 6.45) is -4.49. The minimum atomic E-state index is -4.63. The number of benzene rings is 2. The van der Waals surface area contributed by atoms with Gasteiger partial charge in [-0.1, -0.05) is 12.1 Å². The zero-order valence-electron chi connectivity index (χ0n) is 23.9. The molecular formula is C31H33F6N5O. The first-order chi connectivity index (χ1) is 20.2. The number of carbonyl (C=O) groups is 1. The van der Waals surface area contributed by atoms with Crippen molar-refractivity contribution < 1.29 is 31.1 Å². The molecule has 1 aliphatic heterocycles. The molecule has 0 saturated heterocycles. The van der Waals surface area contributed by atoms with E-state index in [-0.39, 0.29) is 41.6 Å². The molecule has 2 heterocycles. The van der Waals surface area contributed by atoms with Crippen LogP contribution in [0.5, 0.6) is 0 Å². The van der Waals surface area contributed by atoms with Gasteiger partial charge in [0.1, 0.15) is 12.2 Å². The van der Waals surface area contributed by atoms with Crippen LogP contribution in [0.1, 0.15) is 89.8 Å². The number of hydrogen-bond acceptors (Lipinski definition) is 4. The van der Waals surface area contributed by atoms with Gasteiger partial charge in [0, 0.05) is 42.7 Å². The van der Waals surface area contributed by atoms with E-state index in [4.69, 9.17) is 0 Å². The van der Waals surface area contributed by atoms with Crippen LogP contribution >= 0.6 is 0 Å². The van der Waals surface area contributed by atoms with E-state index in [0.717, 1.165) is 30.9 Å². The summed E-state index contributed by atoms with van der Waals surface area (Å²) in [4.78, 5) is 15.0. The highest BCUT2D eigenvalue weighted by Crippen LogP contribution is 2.50. The summed E-state index contributed by atoms with van der Waals surface area (Å²) in [5, 5.41) is 11.6. The van der Waals surface area contributed by atoms with Crippen LogP contribution in [-0.4, -0.2) is 32.4 Å². The van der Waals surface area contributed by atoms with Gasteiger partial charge in [-0.05, 0) is 91.8 Å². The van der Waals surface area contributed by atoms with Gasteiger partial charge in [0.2, 0.25) is 0 Å². The molecule has 1 N–H and O–H groups in total. The van der Waals surface area contributed by atoms with Crippen LogP contribution in [-0.2, 0) is 26.3 Å². The third-order valence-corrected chi connectivity index (χ3v) is 9.41. The Hall–Kier alpha value is -3.41. The average Bonchev–Trinajstić information content (AvgIpc) is 3.46. The molecule has 0 bridgehead atoms. The van der Waals surface area contributed by atoms with E-state index in [0.29, 0.717) is 29.9 Å². The summed E-state index contributed by atoms with van der Waals surface area (Å²) in [5.41, 5.74) is 0.614. The molecule has 1 amide bonds. The molecule has 2 fully saturated rings. The maximum atomic E-state index is 14.2. The van der Waals surface area contributed by atoms with Gasteiger partial charge in [0.05, 0.1) is 12.1 Å². The Bertz CT molecular complexity index is 1520. The van der Waals surface area contributed by atoms with Crippen molar-refractivity contribution in [1.29, 1.82) is 0 Å². The molecule has 230 valence electrons. The number of aromatic nitrogens is 3. The molecule has 43 heavy (non-hydrogen) atoms. The highest BCUT2D eigenvalue weighted by atomic mass is 19.4. The summed E-state index contributed by atoms with van der Waals surface area (Å²) in [7, 11) is 1.76. The molecule has 12 heteroatoms. The number of rotatable bonds is 8. The highest BCUT2D eigenvalue weighted by Gasteiger charge is 2.44. The smallest absolute Gasteiger partial charge is 0.320 e. The number of amides is 1. The zero-order chi connectivity index (χ0) is 30.7. The summed E-state index contributed by atoms with van der Waals surface area (Å²) in [6, 6.07) is 9.65. The standard InChI is InChI=1S/C31H33F6N5O/c1-29(7-4-8-29)38-15-19-11-23-24(25(12-19)31(35,36)37)16-42(28(23)43)22-6-3-5-20(13-22)26(27-40-39-17-41(27)2)21-9-18(10-21)14-30(32,33)34/h3,5-6,11-13,17-18,21,26,38H,4,7-10,14-16H2,1-2H3. The fraction of sp³-hybridized carbons (Fsp3) is 0.516. The number of alkyl halides is 6. The normalized spacial score (nSPS) is 22.2. The number of aryl methyl sites for hydroxylation is 1. The van der Waals surface area contributed by atoms with E-state index < -0.39 is 36.2 Å². The summed E-state index contributed by atoms with van der Waals surface area (Å²) < 4.78 is 83.4. The first kappa shape index (κ1) is 29.7. The predicted octanol–water partition coefficient (Wildman–Crippen LogP) is 7.14. The van der Waals surface area contributed by atoms with E-state index in [1.165, 1.54) is 11.2 Å². The number of hydrogen-bond donors (Lipinski definition) is 1. The van der Waals surface area contributed by atoms with E-state index in [9.17, 15) is 31.1 Å². The van der Waals surface area contributed by atoms with Crippen LogP contribution < -0.4 is 10.2 Å². The number of fused-ring (bicyclic) bond motifs is 1. The zero-order valence-corrected chi connectivity index (χ0v) is 23.9. The topological polar surface area (TPSA) is 63.1 Å². The van der Waals surface area contributed by atoms with Gasteiger partial charge in [0.15, 0.2) is 0 Å². The van der Waals surface area contributed by atoms with E-state index in [1.807, 2.05) is 13.0 Å². The van der Waals surface area contributed by atoms with E-state index in [1.54, 1.807) is 35.9 Å². The lowest BCUT2D eigenvalue weighted by atomic mass is 9.65. The highest BCUT2D eigenvalue weighted by molar-refractivity contribution is 6.10. The molecule has 1 atom stereocenters. The van der Waals surface area contributed by atoms with Crippen molar-refractivity contribution in [2.75, 3.05) is 4.90 Å². The Balaban J connectivity index is 1.29. The number of nitrogens with one attached hydrogen (secondary N) is 1. The van der Waals surface area contributed by atoms with Crippen molar-refractivity contribution in [3.8, 4) is 0 Å². The molecule has 1 aromatic heterocycles. The van der Waals surface area contributed by atoms with Crippen molar-refractivity contribution in [1.82, 2.24) is 20.1 Å². The Morgan fingerprint density at radius 3 is 2.44 bits per heavy atom. The molecular weight excluding hydrogens is 572 g/mol. The van der Waals surface area contributed by atoms with Crippen molar-refractivity contribution >= 4 is 11.6 Å². The van der Waals surface area contributed by atoms with Crippen LogP contribution in [0.2, 0.25) is 0 Å². The molecule has 3 aromatic rings. The first-order valence-corrected chi connectivity index (χ1v) is 14.5. The van der Waals surface area contributed by atoms with Gasteiger partial charge in [0.25, 0.3) is 5.91 Å². The molecule has 2 saturated carbocycles. The van der Waals surface area contributed by atoms with Gasteiger partial charge >= 0.3 is 12.4 Å². The van der Waals surface area contributed by atoms with E-state index >= 15 is 0 Å². The second-order valence-electron chi connectivity index (χ2n) is 12.6. The predicted molar refractivity (Wildman–Crippen MR) is 147 cm³/mol. The minimum absolute atomic E-state index is 0.0367. The second kappa shape index (κ2) is 10.6. The fourth-order valence-corrected chi connectivity index (χ4v) is 6.88. The lowest BCUT2D eigenvalue weighted by molar-refractivity contribution is -0.154. The van der Waals surface area contributed by atoms with Crippen LogP contribution in [0.15, 0.2) is 42.7 Å². The SMILES string of the molecule is Cn1cnnc1C(c1cccc(N2Cc3c(cc(CNC4(C)CCC4)cc3C(F)(F)F)C2=O)c1)C1CC(CC(F)(F)F)C1. The third kappa shape index (κ3) is 5.90. The Morgan fingerprint density at radius 1 is 1.09 bits per heavy atom. The monoisotopic (exact) mass is 605 g/mol. The number of nitrogens with zero attached hydrogens (tertiary/aromatic N) is 4. The van der Waals surface area contributed by atoms with Crippen molar-refractivity contribution in [3.05, 3.63) is 76.4 Å². The first-order valence-electron chi connectivity index (χ1n) is 14.5. The number of anilines is 1. The Morgan fingerprint density at radius 2 is 1.84 bits per heavy atom. The molecule has 2 aromatic carbocycles. The number of halogens is 6. The molecule has 3 aliphatic rings. The molecule has 1 unspecified atom stereocenters. The second-order valence-corrected chi connectivity index (χ2v) is 12.6. The van der Waals surface area contributed by atoms with Crippen LogP contribution in [0.25, 0.3) is 0 Å². The van der Waals surface area contributed by atoms with Crippen LogP contribution in [0, 0.1) is 11.8 Å². The van der Waals surface area contributed by atoms with Crippen molar-refractivity contribution in [2.24, 2.45) is 18.9 Å². The third-order valence-electron chi connectivity index (χ3n) is 9.41. The van der Waals surface area contributed by atoms with Gasteiger partial charge in [-0.25, -0.2) is 0 Å². The maximum Gasteiger partial charge on any atom is 0.416 e. The van der Waals surface area contributed by atoms with Crippen LogP contribution in [0.3, 0.4) is 0 Å². The molecule has 6 rings (SSSR count). The van der Waals surface area contributed by atoms with Gasteiger partial charge < -0.3 is 14.8 Å². The lowest BCUT2D eigenvalue weighted by Crippen LogP contribution is -2.47. The van der Waals surface area contributed by atoms with Crippen LogP contribution in [0.4, 0.5) is 32.0 Å². The number of carbonyl (C=O) groups excluding carboxylic acids is 1. The van der Waals surface area contributed by atoms with Crippen molar-refractivity contribution in [2.45, 2.75) is 82.3 Å². The summed E-state index contributed by atoms with van der Waals surface area (Å²) >= 11 is 0. The van der Waals surface area contributed by atoms with Gasteiger partial charge in [-0.3, -0.25) is 4.79 Å². The largest absolute Gasteiger partial charge is 0.416 e. The lowest BCUT2D eigenvalue weighted by Gasteiger charge is -2.40. The maximum absolute atomic E-state index is 14.2. The molecule has 2 aliphatic carbocycles. The quantitative estimate of drug-likeness (QED) is 0.278. The Kier molecular flexibility index (Phi) is 7.34. The van der Waals surface area contributed by atoms with Crippen molar-refractivity contribution in [3.63, 3.8) is 0 Å². The minimum Gasteiger partial charge on any atom is -0.320 e. The average molecular weight is 606 g/mol. The van der Waals surface area contributed by atoms with Gasteiger partial charge in [-0.2, -0.15) is 26.3 Å². The van der Waals surface area contributed by atoms with Gasteiger partial charge in [-0.15, -0.1) is 10.2 Å². The molecule has 0 spiro atoms. The fourth-order valence-electron chi connectivity index (χ4n) is 6.88. The molecule has 6 nitrogen and oxygen atoms in total. The molecule has 0 radical (unpaired) electrons.